The fourth-order valence-electron chi connectivity index (χ4n) is 2.10. The number of amides is 2. The van der Waals surface area contributed by atoms with Crippen molar-refractivity contribution in [3.05, 3.63) is 24.8 Å². The van der Waals surface area contributed by atoms with Crippen molar-refractivity contribution in [3.63, 3.8) is 0 Å². The molecule has 0 radical (unpaired) electrons. The average molecular weight is 280 g/mol. The summed E-state index contributed by atoms with van der Waals surface area (Å²) in [4.78, 5) is 25.7. The van der Waals surface area contributed by atoms with Crippen LogP contribution >= 0.6 is 0 Å². The van der Waals surface area contributed by atoms with Crippen LogP contribution in [0.3, 0.4) is 0 Å². The highest BCUT2D eigenvalue weighted by molar-refractivity contribution is 5.92. The maximum absolute atomic E-state index is 11.2. The van der Waals surface area contributed by atoms with Gasteiger partial charge in [-0.3, -0.25) is 9.59 Å². The molecule has 112 valence electrons. The second-order valence-electron chi connectivity index (χ2n) is 4.92. The van der Waals surface area contributed by atoms with E-state index in [0.29, 0.717) is 31.9 Å². The lowest BCUT2D eigenvalue weighted by atomic mass is 10.3. The van der Waals surface area contributed by atoms with Crippen LogP contribution in [0.1, 0.15) is 19.8 Å². The highest BCUT2D eigenvalue weighted by Crippen LogP contribution is 2.09. The van der Waals surface area contributed by atoms with Gasteiger partial charge in [-0.1, -0.05) is 13.2 Å². The van der Waals surface area contributed by atoms with Gasteiger partial charge in [0, 0.05) is 31.8 Å². The van der Waals surface area contributed by atoms with Crippen molar-refractivity contribution in [2.24, 2.45) is 0 Å². The molecule has 0 aromatic heterocycles. The number of nitrogens with zero attached hydrogens (tertiary/aromatic N) is 2. The minimum Gasteiger partial charge on any atom is -0.378 e. The smallest absolute Gasteiger partial charge is 0.248 e. The first-order valence-corrected chi connectivity index (χ1v) is 7.00. The molecule has 0 spiro atoms. The summed E-state index contributed by atoms with van der Waals surface area (Å²) in [7, 11) is 0. The van der Waals surface area contributed by atoms with Crippen LogP contribution < -0.4 is 0 Å². The molecule has 0 aromatic carbocycles. The minimum atomic E-state index is 0.00306. The predicted molar refractivity (Wildman–Crippen MR) is 78.2 cm³/mol. The lowest BCUT2D eigenvalue weighted by Crippen LogP contribution is -2.39. The number of likely N-dealkylation sites (tertiary alicyclic amines) is 1. The molecule has 0 aromatic rings. The molecule has 0 aliphatic carbocycles. The topological polar surface area (TPSA) is 49.9 Å². The molecule has 20 heavy (non-hydrogen) atoms. The third kappa shape index (κ3) is 5.17. The first kappa shape index (κ1) is 16.4. The Kier molecular flexibility index (Phi) is 7.01. The quantitative estimate of drug-likeness (QED) is 0.715. The first-order chi connectivity index (χ1) is 9.56. The van der Waals surface area contributed by atoms with Crippen molar-refractivity contribution in [1.29, 1.82) is 0 Å². The van der Waals surface area contributed by atoms with Gasteiger partial charge < -0.3 is 14.5 Å². The van der Waals surface area contributed by atoms with Crippen LogP contribution in [0.4, 0.5) is 0 Å². The summed E-state index contributed by atoms with van der Waals surface area (Å²) in [6, 6.07) is 0. The number of hydrogen-bond donors (Lipinski definition) is 0. The van der Waals surface area contributed by atoms with Crippen molar-refractivity contribution in [3.8, 4) is 0 Å². The molecule has 2 saturated heterocycles. The molecule has 2 aliphatic rings. The molecule has 2 amide bonds. The second-order valence-corrected chi connectivity index (χ2v) is 4.92. The van der Waals surface area contributed by atoms with E-state index in [1.54, 1.807) is 11.8 Å². The number of rotatable bonds is 2. The Morgan fingerprint density at radius 1 is 1.05 bits per heavy atom. The SMILES string of the molecule is C=C(C)C(=O)N1CCCC1.C=CC(=O)N1CCOCC1. The zero-order valence-corrected chi connectivity index (χ0v) is 12.3. The molecule has 2 fully saturated rings. The van der Waals surface area contributed by atoms with E-state index in [9.17, 15) is 9.59 Å². The third-order valence-corrected chi connectivity index (χ3v) is 3.26. The fraction of sp³-hybridized carbons (Fsp3) is 0.600. The van der Waals surface area contributed by atoms with Gasteiger partial charge in [-0.05, 0) is 25.8 Å². The normalized spacial score (nSPS) is 18.1. The molecular weight excluding hydrogens is 256 g/mol. The molecule has 0 unspecified atom stereocenters. The van der Waals surface area contributed by atoms with Gasteiger partial charge in [-0.2, -0.15) is 0 Å². The molecular formula is C15H24N2O3. The second kappa shape index (κ2) is 8.53. The van der Waals surface area contributed by atoms with Crippen molar-refractivity contribution < 1.29 is 14.3 Å². The van der Waals surface area contributed by atoms with Crippen molar-refractivity contribution in [2.75, 3.05) is 39.4 Å². The van der Waals surface area contributed by atoms with Crippen LogP contribution in [-0.2, 0) is 14.3 Å². The summed E-state index contributed by atoms with van der Waals surface area (Å²) >= 11 is 0. The Labute approximate surface area is 120 Å². The number of ether oxygens (including phenoxy) is 1. The number of carbonyl (C=O) groups is 2. The summed E-state index contributed by atoms with van der Waals surface area (Å²) in [6.07, 6.45) is 3.64. The van der Waals surface area contributed by atoms with Crippen LogP contribution in [0.25, 0.3) is 0 Å². The van der Waals surface area contributed by atoms with E-state index >= 15 is 0 Å². The Balaban J connectivity index is 0.000000200. The summed E-state index contributed by atoms with van der Waals surface area (Å²) in [6.45, 7) is 13.3. The summed E-state index contributed by atoms with van der Waals surface area (Å²) in [5.74, 6) is 0.126. The molecule has 0 atom stereocenters. The molecule has 2 rings (SSSR count). The van der Waals surface area contributed by atoms with Gasteiger partial charge in [0.2, 0.25) is 11.8 Å². The van der Waals surface area contributed by atoms with Crippen LogP contribution in [0.15, 0.2) is 24.8 Å². The lowest BCUT2D eigenvalue weighted by molar-refractivity contribution is -0.130. The van der Waals surface area contributed by atoms with Crippen LogP contribution in [0, 0.1) is 0 Å². The van der Waals surface area contributed by atoms with Gasteiger partial charge in [-0.15, -0.1) is 0 Å². The van der Waals surface area contributed by atoms with Crippen LogP contribution in [0.2, 0.25) is 0 Å². The van der Waals surface area contributed by atoms with E-state index in [0.717, 1.165) is 25.9 Å². The Morgan fingerprint density at radius 3 is 2.05 bits per heavy atom. The minimum absolute atomic E-state index is 0.00306. The van der Waals surface area contributed by atoms with Gasteiger partial charge in [-0.25, -0.2) is 0 Å². The number of morpholine rings is 1. The van der Waals surface area contributed by atoms with Crippen molar-refractivity contribution in [2.45, 2.75) is 19.8 Å². The zero-order chi connectivity index (χ0) is 15.0. The molecule has 2 aliphatic heterocycles. The monoisotopic (exact) mass is 280 g/mol. The number of carbonyl (C=O) groups excluding carboxylic acids is 2. The lowest BCUT2D eigenvalue weighted by Gasteiger charge is -2.25. The van der Waals surface area contributed by atoms with Gasteiger partial charge >= 0.3 is 0 Å². The molecule has 0 saturated carbocycles. The predicted octanol–water partition coefficient (Wildman–Crippen LogP) is 1.22. The van der Waals surface area contributed by atoms with E-state index in [4.69, 9.17) is 4.74 Å². The first-order valence-electron chi connectivity index (χ1n) is 7.00. The highest BCUT2D eigenvalue weighted by Gasteiger charge is 2.17. The van der Waals surface area contributed by atoms with E-state index in [1.165, 1.54) is 6.08 Å². The van der Waals surface area contributed by atoms with E-state index in [1.807, 2.05) is 4.90 Å². The molecule has 5 nitrogen and oxygen atoms in total. The maximum atomic E-state index is 11.2. The molecule has 0 N–H and O–H groups in total. The maximum Gasteiger partial charge on any atom is 0.248 e. The highest BCUT2D eigenvalue weighted by atomic mass is 16.5. The van der Waals surface area contributed by atoms with Gasteiger partial charge in [0.15, 0.2) is 0 Å². The molecule has 2 heterocycles. The van der Waals surface area contributed by atoms with E-state index < -0.39 is 0 Å². The standard InChI is InChI=1S/C8H13NO.C7H11NO2/c1-7(2)8(10)9-5-3-4-6-9;1-2-7(9)8-3-5-10-6-4-8/h1,3-6H2,2H3;2H,1,3-6H2. The summed E-state index contributed by atoms with van der Waals surface area (Å²) in [5, 5.41) is 0. The fourth-order valence-corrected chi connectivity index (χ4v) is 2.10. The largest absolute Gasteiger partial charge is 0.378 e. The van der Waals surface area contributed by atoms with Crippen LogP contribution in [0.5, 0.6) is 0 Å². The van der Waals surface area contributed by atoms with Gasteiger partial charge in [0.1, 0.15) is 0 Å². The Morgan fingerprint density at radius 2 is 1.60 bits per heavy atom. The summed E-state index contributed by atoms with van der Waals surface area (Å²) < 4.78 is 5.07. The van der Waals surface area contributed by atoms with E-state index in [-0.39, 0.29) is 11.8 Å². The van der Waals surface area contributed by atoms with Crippen molar-refractivity contribution >= 4 is 11.8 Å². The number of hydrogen-bond acceptors (Lipinski definition) is 3. The molecule has 5 heteroatoms. The van der Waals surface area contributed by atoms with Crippen LogP contribution in [-0.4, -0.2) is 61.0 Å². The molecule has 0 bridgehead atoms. The summed E-state index contributed by atoms with van der Waals surface area (Å²) in [5.41, 5.74) is 0.655. The Bertz CT molecular complexity index is 367. The average Bonchev–Trinajstić information content (AvgIpc) is 3.01. The third-order valence-electron chi connectivity index (χ3n) is 3.26. The van der Waals surface area contributed by atoms with Gasteiger partial charge in [0.25, 0.3) is 0 Å². The zero-order valence-electron chi connectivity index (χ0n) is 12.3. The Hall–Kier alpha value is -1.62. The van der Waals surface area contributed by atoms with E-state index in [2.05, 4.69) is 13.2 Å². The van der Waals surface area contributed by atoms with Crippen molar-refractivity contribution in [1.82, 2.24) is 9.80 Å². The van der Waals surface area contributed by atoms with Gasteiger partial charge in [0.05, 0.1) is 13.2 Å².